The minimum atomic E-state index is -4.40. The molecule has 0 saturated carbocycles. The van der Waals surface area contributed by atoms with Crippen LogP contribution in [-0.4, -0.2) is 42.0 Å². The highest BCUT2D eigenvalue weighted by atomic mass is 19.4. The van der Waals surface area contributed by atoms with Gasteiger partial charge in [0.1, 0.15) is 5.82 Å². The van der Waals surface area contributed by atoms with Crippen molar-refractivity contribution in [3.05, 3.63) is 71.9 Å². The lowest BCUT2D eigenvalue weighted by atomic mass is 10.1. The van der Waals surface area contributed by atoms with Crippen LogP contribution in [0.3, 0.4) is 0 Å². The molecule has 4 rings (SSSR count). The predicted octanol–water partition coefficient (Wildman–Crippen LogP) is 4.61. The van der Waals surface area contributed by atoms with E-state index >= 15 is 0 Å². The summed E-state index contributed by atoms with van der Waals surface area (Å²) in [5.41, 5.74) is -0.117. The van der Waals surface area contributed by atoms with Crippen LogP contribution in [0.1, 0.15) is 22.3 Å². The van der Waals surface area contributed by atoms with Gasteiger partial charge in [-0.2, -0.15) is 13.2 Å². The van der Waals surface area contributed by atoms with Gasteiger partial charge in [-0.15, -0.1) is 0 Å². The van der Waals surface area contributed by atoms with Gasteiger partial charge in [0.05, 0.1) is 5.56 Å². The van der Waals surface area contributed by atoms with E-state index in [9.17, 15) is 18.0 Å². The van der Waals surface area contributed by atoms with Gasteiger partial charge in [0.25, 0.3) is 5.91 Å². The Morgan fingerprint density at radius 3 is 2.41 bits per heavy atom. The molecule has 1 aliphatic rings. The lowest BCUT2D eigenvalue weighted by Crippen LogP contribution is -2.35. The highest BCUT2D eigenvalue weighted by molar-refractivity contribution is 5.98. The number of fused-ring (bicyclic) bond motifs is 1. The third-order valence-electron chi connectivity index (χ3n) is 5.18. The molecule has 7 heteroatoms. The van der Waals surface area contributed by atoms with E-state index in [0.29, 0.717) is 37.6 Å². The molecule has 4 nitrogen and oxygen atoms in total. The van der Waals surface area contributed by atoms with Crippen LogP contribution >= 0.6 is 0 Å². The summed E-state index contributed by atoms with van der Waals surface area (Å²) in [5, 5.41) is 2.10. The molecular formula is C22H20F3N3O. The lowest BCUT2D eigenvalue weighted by molar-refractivity contribution is -0.137. The normalized spacial score (nSPS) is 15.4. The molecule has 0 N–H and O–H groups in total. The van der Waals surface area contributed by atoms with Gasteiger partial charge >= 0.3 is 6.18 Å². The van der Waals surface area contributed by atoms with Crippen LogP contribution in [0, 0.1) is 0 Å². The van der Waals surface area contributed by atoms with Crippen LogP contribution in [0.4, 0.5) is 19.0 Å². The molecule has 1 saturated heterocycles. The second-order valence-electron chi connectivity index (χ2n) is 7.10. The number of benzene rings is 2. The van der Waals surface area contributed by atoms with Crippen molar-refractivity contribution < 1.29 is 18.0 Å². The quantitative estimate of drug-likeness (QED) is 0.632. The van der Waals surface area contributed by atoms with Gasteiger partial charge in [-0.05, 0) is 41.5 Å². The number of hydrogen-bond acceptors (Lipinski definition) is 3. The molecule has 0 atom stereocenters. The van der Waals surface area contributed by atoms with E-state index in [4.69, 9.17) is 0 Å². The maximum atomic E-state index is 13.0. The number of carbonyl (C=O) groups excluding carboxylic acids is 1. The van der Waals surface area contributed by atoms with Crippen molar-refractivity contribution >= 4 is 22.5 Å². The molecule has 0 radical (unpaired) electrons. The molecule has 0 spiro atoms. The summed E-state index contributed by atoms with van der Waals surface area (Å²) < 4.78 is 38.2. The van der Waals surface area contributed by atoms with E-state index in [1.54, 1.807) is 4.90 Å². The molecular weight excluding hydrogens is 379 g/mol. The lowest BCUT2D eigenvalue weighted by Gasteiger charge is -2.23. The molecule has 1 aromatic heterocycles. The van der Waals surface area contributed by atoms with Crippen molar-refractivity contribution in [1.29, 1.82) is 0 Å². The molecule has 1 fully saturated rings. The van der Waals surface area contributed by atoms with Crippen molar-refractivity contribution in [2.24, 2.45) is 0 Å². The first-order valence-corrected chi connectivity index (χ1v) is 9.48. The largest absolute Gasteiger partial charge is 0.417 e. The number of carbonyl (C=O) groups is 1. The van der Waals surface area contributed by atoms with Crippen LogP contribution < -0.4 is 4.90 Å². The van der Waals surface area contributed by atoms with Gasteiger partial charge < -0.3 is 9.80 Å². The first kappa shape index (κ1) is 19.2. The second-order valence-corrected chi connectivity index (χ2v) is 7.10. The van der Waals surface area contributed by atoms with Gasteiger partial charge in [0.2, 0.25) is 0 Å². The highest BCUT2D eigenvalue weighted by Gasteiger charge is 2.31. The number of anilines is 1. The van der Waals surface area contributed by atoms with Gasteiger partial charge in [-0.25, -0.2) is 4.98 Å². The molecule has 1 aliphatic heterocycles. The molecule has 0 unspecified atom stereocenters. The van der Waals surface area contributed by atoms with E-state index in [0.717, 1.165) is 29.5 Å². The van der Waals surface area contributed by atoms with Gasteiger partial charge in [-0.1, -0.05) is 30.3 Å². The number of hydrogen-bond donors (Lipinski definition) is 0. The van der Waals surface area contributed by atoms with Crippen LogP contribution in [-0.2, 0) is 6.18 Å². The fourth-order valence-corrected chi connectivity index (χ4v) is 3.60. The average molecular weight is 399 g/mol. The van der Waals surface area contributed by atoms with Gasteiger partial charge in [-0.3, -0.25) is 4.79 Å². The van der Waals surface area contributed by atoms with Crippen molar-refractivity contribution in [3.63, 3.8) is 0 Å². The molecule has 1 amide bonds. The first-order chi connectivity index (χ1) is 13.9. The zero-order valence-corrected chi connectivity index (χ0v) is 15.7. The number of halogens is 3. The maximum absolute atomic E-state index is 13.0. The Balaban J connectivity index is 1.46. The molecule has 29 heavy (non-hydrogen) atoms. The monoisotopic (exact) mass is 399 g/mol. The summed E-state index contributed by atoms with van der Waals surface area (Å²) in [6.07, 6.45) is -2.81. The molecule has 2 heterocycles. The van der Waals surface area contributed by atoms with E-state index in [1.165, 1.54) is 6.07 Å². The molecule has 150 valence electrons. The number of nitrogens with zero attached hydrogens (tertiary/aromatic N) is 3. The zero-order valence-electron chi connectivity index (χ0n) is 15.7. The minimum absolute atomic E-state index is 0.0296. The average Bonchev–Trinajstić information content (AvgIpc) is 2.98. The summed E-state index contributed by atoms with van der Waals surface area (Å²) in [5.74, 6) is 0.469. The van der Waals surface area contributed by atoms with E-state index < -0.39 is 11.7 Å². The Hall–Kier alpha value is -3.09. The maximum Gasteiger partial charge on any atom is 0.417 e. The Labute approximate surface area is 166 Å². The summed E-state index contributed by atoms with van der Waals surface area (Å²) in [6, 6.07) is 16.0. The van der Waals surface area contributed by atoms with Crippen LogP contribution in [0.15, 0.2) is 60.8 Å². The van der Waals surface area contributed by atoms with Gasteiger partial charge in [0.15, 0.2) is 0 Å². The fraction of sp³-hybridized carbons (Fsp3) is 0.273. The summed E-state index contributed by atoms with van der Waals surface area (Å²) in [6.45, 7) is 2.26. The van der Waals surface area contributed by atoms with E-state index in [1.807, 2.05) is 47.4 Å². The molecule has 0 aliphatic carbocycles. The number of alkyl halides is 3. The summed E-state index contributed by atoms with van der Waals surface area (Å²) in [7, 11) is 0. The minimum Gasteiger partial charge on any atom is -0.355 e. The standard InChI is InChI=1S/C22H20F3N3O/c23-22(24,25)19-8-9-20(26-15-19)27-10-3-11-28(13-12-27)21(29)18-7-6-16-4-1-2-5-17(16)14-18/h1-2,4-9,14-15H,3,10-13H2. The SMILES string of the molecule is O=C(c1ccc2ccccc2c1)N1CCCN(c2ccc(C(F)(F)F)cn2)CC1. The second kappa shape index (κ2) is 7.73. The predicted molar refractivity (Wildman–Crippen MR) is 106 cm³/mol. The molecule has 2 aromatic carbocycles. The third kappa shape index (κ3) is 4.18. The van der Waals surface area contributed by atoms with E-state index in [-0.39, 0.29) is 5.91 Å². The Morgan fingerprint density at radius 1 is 0.897 bits per heavy atom. The van der Waals surface area contributed by atoms with Crippen molar-refractivity contribution in [2.75, 3.05) is 31.1 Å². The topological polar surface area (TPSA) is 36.4 Å². The highest BCUT2D eigenvalue weighted by Crippen LogP contribution is 2.29. The van der Waals surface area contributed by atoms with Crippen molar-refractivity contribution in [2.45, 2.75) is 12.6 Å². The Bertz CT molecular complexity index is 1020. The smallest absolute Gasteiger partial charge is 0.355 e. The number of amides is 1. The Morgan fingerprint density at radius 2 is 1.69 bits per heavy atom. The summed E-state index contributed by atoms with van der Waals surface area (Å²) in [4.78, 5) is 20.7. The molecule has 3 aromatic rings. The van der Waals surface area contributed by atoms with Crippen LogP contribution in [0.25, 0.3) is 10.8 Å². The third-order valence-corrected chi connectivity index (χ3v) is 5.18. The van der Waals surface area contributed by atoms with Gasteiger partial charge in [0, 0.05) is 37.9 Å². The zero-order chi connectivity index (χ0) is 20.4. The first-order valence-electron chi connectivity index (χ1n) is 9.48. The van der Waals surface area contributed by atoms with Crippen LogP contribution in [0.5, 0.6) is 0 Å². The van der Waals surface area contributed by atoms with Crippen LogP contribution in [0.2, 0.25) is 0 Å². The van der Waals surface area contributed by atoms with E-state index in [2.05, 4.69) is 4.98 Å². The molecule has 0 bridgehead atoms. The Kier molecular flexibility index (Phi) is 5.13. The van der Waals surface area contributed by atoms with Crippen molar-refractivity contribution in [1.82, 2.24) is 9.88 Å². The number of pyridine rings is 1. The summed E-state index contributed by atoms with van der Waals surface area (Å²) >= 11 is 0. The number of aromatic nitrogens is 1. The van der Waals surface area contributed by atoms with Crippen molar-refractivity contribution in [3.8, 4) is 0 Å². The fourth-order valence-electron chi connectivity index (χ4n) is 3.60. The number of rotatable bonds is 2.